The Balaban J connectivity index is 3.03. The molecule has 0 N–H and O–H groups in total. The Hall–Kier alpha value is -0.760. The molecule has 0 bridgehead atoms. The molecule has 0 unspecified atom stereocenters. The Morgan fingerprint density at radius 1 is 1.60 bits per heavy atom. The zero-order valence-corrected chi connectivity index (χ0v) is 6.68. The first-order valence-corrected chi connectivity index (χ1v) is 3.29. The number of anilines is 1. The topological polar surface area (TPSA) is 16.1 Å². The predicted molar refractivity (Wildman–Crippen MR) is 42.4 cm³/mol. The van der Waals surface area contributed by atoms with E-state index >= 15 is 0 Å². The van der Waals surface area contributed by atoms with Gasteiger partial charge in [0.1, 0.15) is 6.20 Å². The van der Waals surface area contributed by atoms with Gasteiger partial charge in [-0.2, -0.15) is 0 Å². The van der Waals surface area contributed by atoms with Crippen LogP contribution in [0.1, 0.15) is 0 Å². The van der Waals surface area contributed by atoms with Crippen LogP contribution in [0.15, 0.2) is 12.3 Å². The largest absolute Gasteiger partial charge is 0.376 e. The van der Waals surface area contributed by atoms with E-state index in [0.29, 0.717) is 5.02 Å². The van der Waals surface area contributed by atoms with E-state index in [9.17, 15) is 0 Å². The van der Waals surface area contributed by atoms with Crippen molar-refractivity contribution in [2.24, 2.45) is 0 Å². The highest BCUT2D eigenvalue weighted by Crippen LogP contribution is 2.20. The normalized spacial score (nSPS) is 9.50. The molecule has 1 rings (SSSR count). The molecular formula is C7H8ClN2. The molecular weight excluding hydrogens is 148 g/mol. The summed E-state index contributed by atoms with van der Waals surface area (Å²) in [6, 6.07) is 1.85. The molecule has 0 saturated carbocycles. The van der Waals surface area contributed by atoms with Crippen molar-refractivity contribution < 1.29 is 0 Å². The van der Waals surface area contributed by atoms with E-state index in [2.05, 4.69) is 11.2 Å². The Labute approximate surface area is 65.4 Å². The number of hydrogen-bond donors (Lipinski definition) is 0. The smallest absolute Gasteiger partial charge is 0.111 e. The van der Waals surface area contributed by atoms with Crippen LogP contribution in [0.5, 0.6) is 0 Å². The molecule has 1 aromatic heterocycles. The molecule has 0 amide bonds. The lowest BCUT2D eigenvalue weighted by molar-refractivity contribution is 1.12. The summed E-state index contributed by atoms with van der Waals surface area (Å²) >= 11 is 5.76. The van der Waals surface area contributed by atoms with Crippen molar-refractivity contribution in [1.82, 2.24) is 4.98 Å². The molecule has 0 spiro atoms. The second-order valence-corrected chi connectivity index (χ2v) is 2.53. The highest BCUT2D eigenvalue weighted by atomic mass is 35.5. The molecule has 0 aliphatic rings. The quantitative estimate of drug-likeness (QED) is 0.613. The number of rotatable bonds is 1. The van der Waals surface area contributed by atoms with Crippen molar-refractivity contribution in [3.05, 3.63) is 23.5 Å². The minimum atomic E-state index is 0.563. The summed E-state index contributed by atoms with van der Waals surface area (Å²) in [7, 11) is 3.85. The Kier molecular flexibility index (Phi) is 2.12. The fourth-order valence-corrected chi connectivity index (χ4v) is 0.958. The Morgan fingerprint density at radius 2 is 2.30 bits per heavy atom. The van der Waals surface area contributed by atoms with E-state index in [1.807, 2.05) is 25.1 Å². The second-order valence-electron chi connectivity index (χ2n) is 2.15. The first-order chi connectivity index (χ1) is 4.72. The molecule has 3 heteroatoms. The summed E-state index contributed by atoms with van der Waals surface area (Å²) in [5, 5.41) is 0.563. The molecule has 0 fully saturated rings. The number of pyridine rings is 1. The van der Waals surface area contributed by atoms with E-state index < -0.39 is 0 Å². The SMILES string of the molecule is CN(C)c1ccn[c]c1Cl. The molecule has 0 saturated heterocycles. The van der Waals surface area contributed by atoms with E-state index in [1.54, 1.807) is 6.20 Å². The molecule has 0 aromatic carbocycles. The van der Waals surface area contributed by atoms with Crippen molar-refractivity contribution in [1.29, 1.82) is 0 Å². The van der Waals surface area contributed by atoms with Crippen molar-refractivity contribution in [2.75, 3.05) is 19.0 Å². The summed E-state index contributed by atoms with van der Waals surface area (Å²) in [5.74, 6) is 0. The monoisotopic (exact) mass is 155 g/mol. The molecule has 10 heavy (non-hydrogen) atoms. The van der Waals surface area contributed by atoms with Gasteiger partial charge < -0.3 is 4.90 Å². The minimum absolute atomic E-state index is 0.563. The van der Waals surface area contributed by atoms with Gasteiger partial charge in [-0.3, -0.25) is 4.98 Å². The predicted octanol–water partition coefficient (Wildman–Crippen LogP) is 1.60. The fraction of sp³-hybridized carbons (Fsp3) is 0.286. The third kappa shape index (κ3) is 1.39. The van der Waals surface area contributed by atoms with Gasteiger partial charge in [0.05, 0.1) is 10.7 Å². The summed E-state index contributed by atoms with van der Waals surface area (Å²) in [6.07, 6.45) is 4.32. The van der Waals surface area contributed by atoms with Crippen molar-refractivity contribution in [3.8, 4) is 0 Å². The van der Waals surface area contributed by atoms with Gasteiger partial charge >= 0.3 is 0 Å². The summed E-state index contributed by atoms with van der Waals surface area (Å²) in [4.78, 5) is 5.66. The van der Waals surface area contributed by atoms with Crippen molar-refractivity contribution in [3.63, 3.8) is 0 Å². The highest BCUT2D eigenvalue weighted by molar-refractivity contribution is 6.32. The maximum atomic E-state index is 5.76. The summed E-state index contributed by atoms with van der Waals surface area (Å²) < 4.78 is 0. The number of hydrogen-bond acceptors (Lipinski definition) is 2. The van der Waals surface area contributed by atoms with Gasteiger partial charge in [-0.15, -0.1) is 0 Å². The third-order valence-corrected chi connectivity index (χ3v) is 1.45. The zero-order chi connectivity index (χ0) is 7.56. The maximum Gasteiger partial charge on any atom is 0.111 e. The van der Waals surface area contributed by atoms with E-state index in [1.165, 1.54) is 0 Å². The molecule has 0 aliphatic carbocycles. The van der Waals surface area contributed by atoms with Crippen LogP contribution >= 0.6 is 11.6 Å². The van der Waals surface area contributed by atoms with Crippen LogP contribution in [0.25, 0.3) is 0 Å². The number of aromatic nitrogens is 1. The van der Waals surface area contributed by atoms with Crippen molar-refractivity contribution in [2.45, 2.75) is 0 Å². The standard InChI is InChI=1S/C7H8ClN2/c1-10(2)7-3-4-9-5-6(7)8/h3-4H,1-2H3. The lowest BCUT2D eigenvalue weighted by atomic mass is 10.4. The van der Waals surface area contributed by atoms with Crippen molar-refractivity contribution >= 4 is 17.3 Å². The van der Waals surface area contributed by atoms with Gasteiger partial charge in [0.2, 0.25) is 0 Å². The third-order valence-electron chi connectivity index (χ3n) is 1.18. The summed E-state index contributed by atoms with van der Waals surface area (Å²) in [6.45, 7) is 0. The first kappa shape index (κ1) is 7.35. The number of nitrogens with zero attached hydrogens (tertiary/aromatic N) is 2. The summed E-state index contributed by atoms with van der Waals surface area (Å²) in [5.41, 5.74) is 0.941. The van der Waals surface area contributed by atoms with E-state index in [0.717, 1.165) is 5.69 Å². The van der Waals surface area contributed by atoms with Crippen LogP contribution in [0.2, 0.25) is 5.02 Å². The second kappa shape index (κ2) is 2.88. The fourth-order valence-electron chi connectivity index (χ4n) is 0.678. The molecule has 2 nitrogen and oxygen atoms in total. The molecule has 0 aliphatic heterocycles. The van der Waals surface area contributed by atoms with Gasteiger partial charge in [-0.1, -0.05) is 11.6 Å². The van der Waals surface area contributed by atoms with Gasteiger partial charge in [0.25, 0.3) is 0 Å². The highest BCUT2D eigenvalue weighted by Gasteiger charge is 1.99. The average Bonchev–Trinajstić information content (AvgIpc) is 1.88. The molecule has 1 heterocycles. The lowest BCUT2D eigenvalue weighted by Crippen LogP contribution is -2.08. The van der Waals surface area contributed by atoms with Crippen LogP contribution < -0.4 is 4.90 Å². The van der Waals surface area contributed by atoms with Crippen LogP contribution in [0.3, 0.4) is 0 Å². The minimum Gasteiger partial charge on any atom is -0.376 e. The van der Waals surface area contributed by atoms with E-state index in [4.69, 9.17) is 11.6 Å². The van der Waals surface area contributed by atoms with Gasteiger partial charge in [-0.05, 0) is 6.07 Å². The average molecular weight is 156 g/mol. The van der Waals surface area contributed by atoms with Crippen LogP contribution in [-0.2, 0) is 0 Å². The van der Waals surface area contributed by atoms with Gasteiger partial charge in [-0.25, -0.2) is 0 Å². The van der Waals surface area contributed by atoms with E-state index in [-0.39, 0.29) is 0 Å². The van der Waals surface area contributed by atoms with Crippen LogP contribution in [0, 0.1) is 6.20 Å². The lowest BCUT2D eigenvalue weighted by Gasteiger charge is -2.12. The zero-order valence-electron chi connectivity index (χ0n) is 5.93. The number of halogens is 1. The van der Waals surface area contributed by atoms with Gasteiger partial charge in [0, 0.05) is 20.3 Å². The van der Waals surface area contributed by atoms with Crippen LogP contribution in [0.4, 0.5) is 5.69 Å². The molecule has 0 atom stereocenters. The maximum absolute atomic E-state index is 5.76. The first-order valence-electron chi connectivity index (χ1n) is 2.91. The van der Waals surface area contributed by atoms with Gasteiger partial charge in [0.15, 0.2) is 0 Å². The molecule has 1 radical (unpaired) electrons. The Morgan fingerprint density at radius 3 is 2.70 bits per heavy atom. The molecule has 1 aromatic rings. The molecule has 53 valence electrons. The van der Waals surface area contributed by atoms with Crippen LogP contribution in [-0.4, -0.2) is 19.1 Å². The Bertz CT molecular complexity index is 223.